The van der Waals surface area contributed by atoms with Crippen LogP contribution in [0.4, 0.5) is 0 Å². The minimum Gasteiger partial charge on any atom is -0.495 e. The van der Waals surface area contributed by atoms with Gasteiger partial charge in [0.05, 0.1) is 18.4 Å². The van der Waals surface area contributed by atoms with E-state index in [4.69, 9.17) is 16.3 Å². The number of benzene rings is 1. The molecule has 0 unspecified atom stereocenters. The van der Waals surface area contributed by atoms with Crippen LogP contribution < -0.4 is 4.74 Å². The number of hydrogen-bond acceptors (Lipinski definition) is 3. The van der Waals surface area contributed by atoms with Crippen LogP contribution in [0.1, 0.15) is 12.5 Å². The van der Waals surface area contributed by atoms with Crippen molar-refractivity contribution in [1.29, 1.82) is 0 Å². The minimum atomic E-state index is 0.0624. The Kier molecular flexibility index (Phi) is 5.24. The third-order valence-electron chi connectivity index (χ3n) is 1.73. The number of rotatable bonds is 2. The summed E-state index contributed by atoms with van der Waals surface area (Å²) in [6.45, 7) is 1.52. The fourth-order valence-corrected chi connectivity index (χ4v) is 1.57. The van der Waals surface area contributed by atoms with E-state index in [0.717, 1.165) is 5.56 Å². The Morgan fingerprint density at radius 3 is 2.94 bits per heavy atom. The lowest BCUT2D eigenvalue weighted by molar-refractivity contribution is -0.109. The van der Waals surface area contributed by atoms with E-state index in [1.165, 1.54) is 18.7 Å². The monoisotopic (exact) mass is 254 g/mol. The van der Waals surface area contributed by atoms with E-state index < -0.39 is 0 Å². The Balaban J connectivity index is 2.78. The summed E-state index contributed by atoms with van der Waals surface area (Å²) < 4.78 is 5.14. The van der Waals surface area contributed by atoms with Gasteiger partial charge in [-0.2, -0.15) is 0 Å². The van der Waals surface area contributed by atoms with E-state index >= 15 is 0 Å². The number of thioether (sulfide) groups is 1. The molecule has 16 heavy (non-hydrogen) atoms. The molecule has 2 nitrogen and oxygen atoms in total. The second-order valence-electron chi connectivity index (χ2n) is 2.93. The van der Waals surface area contributed by atoms with E-state index in [0.29, 0.717) is 16.5 Å². The molecule has 1 aromatic carbocycles. The van der Waals surface area contributed by atoms with Crippen LogP contribution in [0.5, 0.6) is 5.75 Å². The van der Waals surface area contributed by atoms with Gasteiger partial charge in [-0.3, -0.25) is 4.79 Å². The van der Waals surface area contributed by atoms with Gasteiger partial charge in [0.2, 0.25) is 0 Å². The summed E-state index contributed by atoms with van der Waals surface area (Å²) >= 11 is 7.04. The van der Waals surface area contributed by atoms with Crippen molar-refractivity contribution in [1.82, 2.24) is 0 Å². The van der Waals surface area contributed by atoms with Crippen molar-refractivity contribution in [3.63, 3.8) is 0 Å². The Hall–Kier alpha value is -1.11. The number of methoxy groups -OCH3 is 1. The van der Waals surface area contributed by atoms with E-state index in [1.807, 2.05) is 0 Å². The highest BCUT2D eigenvalue weighted by Crippen LogP contribution is 2.21. The second kappa shape index (κ2) is 6.47. The summed E-state index contributed by atoms with van der Waals surface area (Å²) in [6.07, 6.45) is 0. The molecule has 0 heterocycles. The molecule has 0 fully saturated rings. The second-order valence-corrected chi connectivity index (χ2v) is 4.52. The van der Waals surface area contributed by atoms with Gasteiger partial charge in [-0.1, -0.05) is 35.2 Å². The van der Waals surface area contributed by atoms with Crippen LogP contribution in [0.15, 0.2) is 18.2 Å². The van der Waals surface area contributed by atoms with E-state index in [-0.39, 0.29) is 5.12 Å². The molecule has 0 radical (unpaired) electrons. The van der Waals surface area contributed by atoms with E-state index in [2.05, 4.69) is 11.8 Å². The van der Waals surface area contributed by atoms with Crippen molar-refractivity contribution in [2.75, 3.05) is 12.9 Å². The number of halogens is 1. The maximum Gasteiger partial charge on any atom is 0.186 e. The van der Waals surface area contributed by atoms with Crippen LogP contribution >= 0.6 is 23.4 Å². The SMILES string of the molecule is COc1ccc(Cl)cc1C#CCSC(C)=O. The zero-order valence-corrected chi connectivity index (χ0v) is 10.6. The van der Waals surface area contributed by atoms with Crippen molar-refractivity contribution in [2.24, 2.45) is 0 Å². The smallest absolute Gasteiger partial charge is 0.186 e. The van der Waals surface area contributed by atoms with Crippen LogP contribution in [-0.2, 0) is 4.79 Å². The van der Waals surface area contributed by atoms with E-state index in [9.17, 15) is 4.79 Å². The van der Waals surface area contributed by atoms with Crippen LogP contribution in [-0.4, -0.2) is 18.0 Å². The number of carbonyl (C=O) groups excluding carboxylic acids is 1. The molecule has 0 aliphatic heterocycles. The molecule has 1 aromatic rings. The van der Waals surface area contributed by atoms with Crippen LogP contribution in [0.25, 0.3) is 0 Å². The van der Waals surface area contributed by atoms with Gasteiger partial charge in [-0.05, 0) is 18.2 Å². The first kappa shape index (κ1) is 13.0. The van der Waals surface area contributed by atoms with Gasteiger partial charge >= 0.3 is 0 Å². The lowest BCUT2D eigenvalue weighted by Crippen LogP contribution is -1.88. The van der Waals surface area contributed by atoms with E-state index in [1.54, 1.807) is 25.3 Å². The molecule has 0 saturated heterocycles. The predicted molar refractivity (Wildman–Crippen MR) is 68.0 cm³/mol. The van der Waals surface area contributed by atoms with Gasteiger partial charge in [0.15, 0.2) is 5.12 Å². The molecule has 0 N–H and O–H groups in total. The highest BCUT2D eigenvalue weighted by molar-refractivity contribution is 8.13. The summed E-state index contributed by atoms with van der Waals surface area (Å²) in [6, 6.07) is 5.26. The molecule has 0 aliphatic carbocycles. The molecule has 0 atom stereocenters. The topological polar surface area (TPSA) is 26.3 Å². The average molecular weight is 255 g/mol. The molecular weight excluding hydrogens is 244 g/mol. The predicted octanol–water partition coefficient (Wildman–Crippen LogP) is 2.98. The van der Waals surface area contributed by atoms with Crippen molar-refractivity contribution in [3.05, 3.63) is 28.8 Å². The average Bonchev–Trinajstić information content (AvgIpc) is 2.24. The van der Waals surface area contributed by atoms with Crippen LogP contribution in [0, 0.1) is 11.8 Å². The van der Waals surface area contributed by atoms with Crippen molar-refractivity contribution >= 4 is 28.5 Å². The molecule has 0 bridgehead atoms. The minimum absolute atomic E-state index is 0.0624. The molecule has 1 rings (SSSR count). The lowest BCUT2D eigenvalue weighted by Gasteiger charge is -2.02. The van der Waals surface area contributed by atoms with Crippen molar-refractivity contribution < 1.29 is 9.53 Å². The normalized spacial score (nSPS) is 9.19. The quantitative estimate of drug-likeness (QED) is 0.759. The van der Waals surface area contributed by atoms with Gasteiger partial charge in [0, 0.05) is 11.9 Å². The number of hydrogen-bond donors (Lipinski definition) is 0. The zero-order valence-electron chi connectivity index (χ0n) is 9.04. The Bertz CT molecular complexity index is 446. The molecule has 0 aliphatic rings. The highest BCUT2D eigenvalue weighted by atomic mass is 35.5. The molecule has 0 spiro atoms. The first-order valence-corrected chi connectivity index (χ1v) is 5.95. The summed E-state index contributed by atoms with van der Waals surface area (Å²) in [7, 11) is 1.58. The maximum atomic E-state index is 10.7. The Labute approximate surface area is 104 Å². The third kappa shape index (κ3) is 4.18. The molecule has 0 saturated carbocycles. The molecular formula is C12H11ClO2S. The van der Waals surface area contributed by atoms with Gasteiger partial charge in [-0.15, -0.1) is 0 Å². The molecule has 0 aromatic heterocycles. The zero-order chi connectivity index (χ0) is 12.0. The first-order valence-electron chi connectivity index (χ1n) is 4.59. The summed E-state index contributed by atoms with van der Waals surface area (Å²) in [4.78, 5) is 10.7. The summed E-state index contributed by atoms with van der Waals surface area (Å²) in [5, 5.41) is 0.677. The van der Waals surface area contributed by atoms with Gasteiger partial charge in [0.1, 0.15) is 5.75 Å². The van der Waals surface area contributed by atoms with Gasteiger partial charge < -0.3 is 4.74 Å². The summed E-state index contributed by atoms with van der Waals surface area (Å²) in [5.41, 5.74) is 0.735. The van der Waals surface area contributed by atoms with Crippen molar-refractivity contribution in [2.45, 2.75) is 6.92 Å². The molecule has 84 valence electrons. The fraction of sp³-hybridized carbons (Fsp3) is 0.250. The first-order chi connectivity index (χ1) is 7.63. The Morgan fingerprint density at radius 1 is 1.56 bits per heavy atom. The van der Waals surface area contributed by atoms with Crippen LogP contribution in [0.2, 0.25) is 5.02 Å². The lowest BCUT2D eigenvalue weighted by atomic mass is 10.2. The Morgan fingerprint density at radius 2 is 2.31 bits per heavy atom. The molecule has 0 amide bonds. The largest absolute Gasteiger partial charge is 0.495 e. The number of carbonyl (C=O) groups is 1. The van der Waals surface area contributed by atoms with Crippen LogP contribution in [0.3, 0.4) is 0 Å². The molecule has 4 heteroatoms. The third-order valence-corrected chi connectivity index (χ3v) is 2.66. The number of ether oxygens (including phenoxy) is 1. The highest BCUT2D eigenvalue weighted by Gasteiger charge is 2.00. The fourth-order valence-electron chi connectivity index (χ4n) is 1.05. The van der Waals surface area contributed by atoms with Gasteiger partial charge in [0.25, 0.3) is 0 Å². The maximum absolute atomic E-state index is 10.7. The van der Waals surface area contributed by atoms with Crippen molar-refractivity contribution in [3.8, 4) is 17.6 Å². The van der Waals surface area contributed by atoms with Gasteiger partial charge in [-0.25, -0.2) is 0 Å². The summed E-state index contributed by atoms with van der Waals surface area (Å²) in [5.74, 6) is 6.98. The standard InChI is InChI=1S/C12H11ClO2S/c1-9(14)16-7-3-4-10-8-11(13)5-6-12(10)15-2/h5-6,8H,7H2,1-2H3.